The number of hydrogen-bond donors (Lipinski definition) is 1. The molecule has 112 valence electrons. The van der Waals surface area contributed by atoms with E-state index in [2.05, 4.69) is 54.9 Å². The van der Waals surface area contributed by atoms with Crippen LogP contribution in [0.25, 0.3) is 11.4 Å². The fraction of sp³-hybridized carbons (Fsp3) is 0.471. The molecule has 2 aromatic rings. The molecule has 21 heavy (non-hydrogen) atoms. The van der Waals surface area contributed by atoms with Crippen molar-refractivity contribution in [3.8, 4) is 11.4 Å². The van der Waals surface area contributed by atoms with E-state index in [9.17, 15) is 0 Å². The zero-order chi connectivity index (χ0) is 15.4. The molecule has 0 radical (unpaired) electrons. The summed E-state index contributed by atoms with van der Waals surface area (Å²) in [7, 11) is 0. The van der Waals surface area contributed by atoms with E-state index in [0.29, 0.717) is 6.04 Å². The van der Waals surface area contributed by atoms with Crippen LogP contribution in [0.4, 0.5) is 0 Å². The first-order chi connectivity index (χ1) is 9.99. The third-order valence-electron chi connectivity index (χ3n) is 3.63. The molecule has 2 aromatic heterocycles. The van der Waals surface area contributed by atoms with E-state index in [4.69, 9.17) is 0 Å². The average Bonchev–Trinajstić information content (AvgIpc) is 2.42. The Kier molecular flexibility index (Phi) is 5.02. The Morgan fingerprint density at radius 2 is 1.76 bits per heavy atom. The van der Waals surface area contributed by atoms with Gasteiger partial charge in [-0.05, 0) is 50.9 Å². The Bertz CT molecular complexity index is 597. The predicted octanol–water partition coefficient (Wildman–Crippen LogP) is 3.00. The maximum Gasteiger partial charge on any atom is 0.161 e. The van der Waals surface area contributed by atoms with Gasteiger partial charge in [0.1, 0.15) is 0 Å². The molecule has 0 atom stereocenters. The van der Waals surface area contributed by atoms with Crippen molar-refractivity contribution in [1.29, 1.82) is 0 Å². The monoisotopic (exact) mass is 284 g/mol. The highest BCUT2D eigenvalue weighted by atomic mass is 14.9. The number of nitrogens with one attached hydrogen (secondary N) is 1. The van der Waals surface area contributed by atoms with Gasteiger partial charge in [0.25, 0.3) is 0 Å². The topological polar surface area (TPSA) is 50.7 Å². The summed E-state index contributed by atoms with van der Waals surface area (Å²) in [6, 6.07) is 2.49. The standard InChI is InChI=1S/C17H24N4/c1-11(2)19-9-7-15-13(4)20-17(21-14(15)5)16-10-18-8-6-12(16)3/h6,8,10-11,19H,7,9H2,1-5H3. The van der Waals surface area contributed by atoms with Gasteiger partial charge in [-0.1, -0.05) is 13.8 Å². The van der Waals surface area contributed by atoms with Crippen molar-refractivity contribution in [3.63, 3.8) is 0 Å². The Balaban J connectivity index is 2.27. The summed E-state index contributed by atoms with van der Waals surface area (Å²) in [5.41, 5.74) is 5.53. The van der Waals surface area contributed by atoms with Crippen LogP contribution in [0, 0.1) is 20.8 Å². The molecule has 0 spiro atoms. The molecular formula is C17H24N4. The van der Waals surface area contributed by atoms with Crippen molar-refractivity contribution in [1.82, 2.24) is 20.3 Å². The van der Waals surface area contributed by atoms with Gasteiger partial charge in [-0.3, -0.25) is 4.98 Å². The molecule has 0 fully saturated rings. The van der Waals surface area contributed by atoms with Gasteiger partial charge in [0.15, 0.2) is 5.82 Å². The van der Waals surface area contributed by atoms with E-state index in [0.717, 1.165) is 41.3 Å². The summed E-state index contributed by atoms with van der Waals surface area (Å²) in [5.74, 6) is 0.774. The predicted molar refractivity (Wildman–Crippen MR) is 86.3 cm³/mol. The van der Waals surface area contributed by atoms with Gasteiger partial charge in [0.05, 0.1) is 0 Å². The quantitative estimate of drug-likeness (QED) is 0.917. The van der Waals surface area contributed by atoms with E-state index in [1.165, 1.54) is 5.56 Å². The molecule has 0 aliphatic rings. The molecule has 0 aliphatic heterocycles. The second kappa shape index (κ2) is 6.76. The largest absolute Gasteiger partial charge is 0.314 e. The lowest BCUT2D eigenvalue weighted by Gasteiger charge is -2.13. The van der Waals surface area contributed by atoms with Gasteiger partial charge in [0, 0.05) is 35.4 Å². The lowest BCUT2D eigenvalue weighted by atomic mass is 10.1. The molecule has 2 rings (SSSR count). The van der Waals surface area contributed by atoms with Crippen molar-refractivity contribution >= 4 is 0 Å². The van der Waals surface area contributed by atoms with E-state index >= 15 is 0 Å². The van der Waals surface area contributed by atoms with Crippen LogP contribution < -0.4 is 5.32 Å². The summed E-state index contributed by atoms with van der Waals surface area (Å²) < 4.78 is 0. The van der Waals surface area contributed by atoms with Gasteiger partial charge in [-0.15, -0.1) is 0 Å². The Morgan fingerprint density at radius 1 is 1.10 bits per heavy atom. The molecule has 4 heteroatoms. The Morgan fingerprint density at radius 3 is 2.33 bits per heavy atom. The minimum Gasteiger partial charge on any atom is -0.314 e. The SMILES string of the molecule is Cc1ccncc1-c1nc(C)c(CCNC(C)C)c(C)n1. The fourth-order valence-corrected chi connectivity index (χ4v) is 2.41. The molecule has 0 aromatic carbocycles. The Labute approximate surface area is 127 Å². The van der Waals surface area contributed by atoms with E-state index in [1.54, 1.807) is 6.20 Å². The molecule has 4 nitrogen and oxygen atoms in total. The summed E-state index contributed by atoms with van der Waals surface area (Å²) in [6.07, 6.45) is 4.59. The number of rotatable bonds is 5. The highest BCUT2D eigenvalue weighted by molar-refractivity contribution is 5.58. The highest BCUT2D eigenvalue weighted by Gasteiger charge is 2.11. The number of aromatic nitrogens is 3. The van der Waals surface area contributed by atoms with Gasteiger partial charge < -0.3 is 5.32 Å². The van der Waals surface area contributed by atoms with E-state index < -0.39 is 0 Å². The van der Waals surface area contributed by atoms with Gasteiger partial charge >= 0.3 is 0 Å². The smallest absolute Gasteiger partial charge is 0.161 e. The lowest BCUT2D eigenvalue weighted by molar-refractivity contribution is 0.588. The average molecular weight is 284 g/mol. The normalized spacial score (nSPS) is 11.1. The fourth-order valence-electron chi connectivity index (χ4n) is 2.41. The number of hydrogen-bond acceptors (Lipinski definition) is 4. The lowest BCUT2D eigenvalue weighted by Crippen LogP contribution is -2.25. The molecule has 0 saturated carbocycles. The molecule has 0 saturated heterocycles. The van der Waals surface area contributed by atoms with Crippen molar-refractivity contribution in [2.45, 2.75) is 47.1 Å². The molecule has 1 N–H and O–H groups in total. The summed E-state index contributed by atoms with van der Waals surface area (Å²) in [5, 5.41) is 3.44. The van der Waals surface area contributed by atoms with Crippen LogP contribution in [0.2, 0.25) is 0 Å². The van der Waals surface area contributed by atoms with Crippen molar-refractivity contribution in [3.05, 3.63) is 41.0 Å². The third kappa shape index (κ3) is 3.85. The third-order valence-corrected chi connectivity index (χ3v) is 3.63. The van der Waals surface area contributed by atoms with Gasteiger partial charge in [0.2, 0.25) is 0 Å². The van der Waals surface area contributed by atoms with Crippen LogP contribution in [0.1, 0.15) is 36.4 Å². The van der Waals surface area contributed by atoms with Crippen molar-refractivity contribution < 1.29 is 0 Å². The second-order valence-corrected chi connectivity index (χ2v) is 5.75. The first-order valence-corrected chi connectivity index (χ1v) is 7.47. The zero-order valence-corrected chi connectivity index (χ0v) is 13.6. The highest BCUT2D eigenvalue weighted by Crippen LogP contribution is 2.21. The van der Waals surface area contributed by atoms with Crippen LogP contribution in [-0.4, -0.2) is 27.5 Å². The molecule has 0 aliphatic carbocycles. The molecule has 2 heterocycles. The van der Waals surface area contributed by atoms with Crippen LogP contribution in [-0.2, 0) is 6.42 Å². The number of pyridine rings is 1. The maximum absolute atomic E-state index is 4.68. The maximum atomic E-state index is 4.68. The van der Waals surface area contributed by atoms with Crippen molar-refractivity contribution in [2.24, 2.45) is 0 Å². The number of aryl methyl sites for hydroxylation is 3. The first kappa shape index (κ1) is 15.6. The summed E-state index contributed by atoms with van der Waals surface area (Å²) in [6.45, 7) is 11.5. The number of nitrogens with zero attached hydrogens (tertiary/aromatic N) is 3. The second-order valence-electron chi connectivity index (χ2n) is 5.75. The van der Waals surface area contributed by atoms with Crippen LogP contribution >= 0.6 is 0 Å². The Hall–Kier alpha value is -1.81. The minimum absolute atomic E-state index is 0.504. The molecule has 0 amide bonds. The first-order valence-electron chi connectivity index (χ1n) is 7.47. The molecular weight excluding hydrogens is 260 g/mol. The van der Waals surface area contributed by atoms with Crippen LogP contribution in [0.3, 0.4) is 0 Å². The van der Waals surface area contributed by atoms with E-state index in [-0.39, 0.29) is 0 Å². The zero-order valence-electron chi connectivity index (χ0n) is 13.6. The van der Waals surface area contributed by atoms with Gasteiger partial charge in [-0.2, -0.15) is 0 Å². The summed E-state index contributed by atoms with van der Waals surface area (Å²) in [4.78, 5) is 13.6. The van der Waals surface area contributed by atoms with E-state index in [1.807, 2.05) is 12.3 Å². The van der Waals surface area contributed by atoms with Crippen LogP contribution in [0.5, 0.6) is 0 Å². The van der Waals surface area contributed by atoms with Gasteiger partial charge in [-0.25, -0.2) is 9.97 Å². The molecule has 0 bridgehead atoms. The minimum atomic E-state index is 0.504. The van der Waals surface area contributed by atoms with Crippen molar-refractivity contribution in [2.75, 3.05) is 6.54 Å². The van der Waals surface area contributed by atoms with Crippen LogP contribution in [0.15, 0.2) is 18.5 Å². The summed E-state index contributed by atoms with van der Waals surface area (Å²) >= 11 is 0. The molecule has 0 unspecified atom stereocenters.